The van der Waals surface area contributed by atoms with Crippen molar-refractivity contribution in [1.29, 1.82) is 0 Å². The number of carbonyl (C=O) groups is 1. The molecule has 0 aliphatic rings. The van der Waals surface area contributed by atoms with Crippen LogP contribution >= 0.6 is 7.60 Å². The fourth-order valence-corrected chi connectivity index (χ4v) is 0.483. The van der Waals surface area contributed by atoms with E-state index in [1.807, 2.05) is 0 Å². The highest BCUT2D eigenvalue weighted by atomic mass is 31.2. The zero-order valence-electron chi connectivity index (χ0n) is 4.26. The smallest absolute Gasteiger partial charge is 0.349 e. The molecule has 0 saturated carbocycles. The molecule has 0 aromatic heterocycles. The second-order valence-corrected chi connectivity index (χ2v) is 2.72. The summed E-state index contributed by atoms with van der Waals surface area (Å²) in [5.74, 6) is -1.05. The van der Waals surface area contributed by atoms with E-state index in [0.29, 0.717) is 11.9 Å². The van der Waals surface area contributed by atoms with E-state index in [4.69, 9.17) is 14.9 Å². The van der Waals surface area contributed by atoms with Crippen molar-refractivity contribution in [3.05, 3.63) is 11.9 Å². The predicted octanol–water partition coefficient (Wildman–Crippen LogP) is -0.238. The van der Waals surface area contributed by atoms with Gasteiger partial charge in [0.1, 0.15) is 0 Å². The molecule has 0 fully saturated rings. The lowest BCUT2D eigenvalue weighted by atomic mass is 10.7. The van der Waals surface area contributed by atoms with Crippen molar-refractivity contribution in [3.63, 3.8) is 0 Å². The summed E-state index contributed by atoms with van der Waals surface area (Å²) in [5, 5.41) is 7.85. The van der Waals surface area contributed by atoms with E-state index in [-0.39, 0.29) is 0 Å². The largest absolute Gasteiger partial charge is 0.478 e. The third-order valence-corrected chi connectivity index (χ3v) is 0.949. The topological polar surface area (TPSA) is 94.8 Å². The lowest BCUT2D eigenvalue weighted by Gasteiger charge is -1.90. The fraction of sp³-hybridized carbons (Fsp3) is 0. The van der Waals surface area contributed by atoms with E-state index in [1.165, 1.54) is 0 Å². The van der Waals surface area contributed by atoms with Crippen LogP contribution in [0.3, 0.4) is 0 Å². The van der Waals surface area contributed by atoms with Gasteiger partial charge in [-0.15, -0.1) is 0 Å². The third-order valence-electron chi connectivity index (χ3n) is 0.411. The first kappa shape index (κ1) is 8.36. The molecule has 0 rings (SSSR count). The maximum Gasteiger partial charge on any atom is 0.349 e. The molecular formula is C3H5O5P. The molecule has 0 amide bonds. The maximum absolute atomic E-state index is 9.88. The Morgan fingerprint density at radius 3 is 2.00 bits per heavy atom. The molecule has 0 atom stereocenters. The third kappa shape index (κ3) is 7.36. The molecule has 52 valence electrons. The van der Waals surface area contributed by atoms with Crippen molar-refractivity contribution in [2.24, 2.45) is 0 Å². The Morgan fingerprint density at radius 1 is 1.44 bits per heavy atom. The summed E-state index contributed by atoms with van der Waals surface area (Å²) < 4.78 is 9.88. The molecule has 9 heavy (non-hydrogen) atoms. The monoisotopic (exact) mass is 152 g/mol. The zero-order chi connectivity index (χ0) is 7.49. The van der Waals surface area contributed by atoms with Crippen LogP contribution in [0.4, 0.5) is 0 Å². The highest BCUT2D eigenvalue weighted by Gasteiger charge is 2.05. The van der Waals surface area contributed by atoms with Crippen LogP contribution in [0.2, 0.25) is 0 Å². The van der Waals surface area contributed by atoms with Gasteiger partial charge in [0.05, 0.1) is 0 Å². The predicted molar refractivity (Wildman–Crippen MR) is 28.8 cm³/mol. The fourth-order valence-electron chi connectivity index (χ4n) is 0.161. The molecule has 6 heteroatoms. The Kier molecular flexibility index (Phi) is 2.58. The SMILES string of the molecule is O=C(O)/C=C\P(=O)(O)O. The zero-order valence-corrected chi connectivity index (χ0v) is 5.15. The van der Waals surface area contributed by atoms with E-state index in [9.17, 15) is 9.36 Å². The molecule has 0 heterocycles. The van der Waals surface area contributed by atoms with Gasteiger partial charge in [-0.3, -0.25) is 4.57 Å². The minimum atomic E-state index is -4.28. The van der Waals surface area contributed by atoms with E-state index >= 15 is 0 Å². The van der Waals surface area contributed by atoms with Gasteiger partial charge >= 0.3 is 13.6 Å². The standard InChI is InChI=1S/C3H5O5P/c4-3(5)1-2-9(6,7)8/h1-2H,(H,4,5)(H2,6,7,8)/b2-1-. The van der Waals surface area contributed by atoms with Crippen molar-refractivity contribution in [2.45, 2.75) is 0 Å². The lowest BCUT2D eigenvalue weighted by molar-refractivity contribution is -0.131. The van der Waals surface area contributed by atoms with Crippen LogP contribution in [0.15, 0.2) is 11.9 Å². The van der Waals surface area contributed by atoms with Crippen molar-refractivity contribution >= 4 is 13.6 Å². The van der Waals surface area contributed by atoms with Crippen LogP contribution in [0, 0.1) is 0 Å². The van der Waals surface area contributed by atoms with Gasteiger partial charge in [0.2, 0.25) is 0 Å². The highest BCUT2D eigenvalue weighted by molar-refractivity contribution is 7.55. The number of aliphatic carboxylic acids is 1. The summed E-state index contributed by atoms with van der Waals surface area (Å²) in [6.45, 7) is 0. The molecule has 0 unspecified atom stereocenters. The summed E-state index contributed by atoms with van der Waals surface area (Å²) in [7, 11) is -4.28. The number of carboxylic acids is 1. The lowest BCUT2D eigenvalue weighted by Crippen LogP contribution is -1.85. The molecular weight excluding hydrogens is 147 g/mol. The Hall–Kier alpha value is -0.640. The summed E-state index contributed by atoms with van der Waals surface area (Å²) >= 11 is 0. The van der Waals surface area contributed by atoms with Crippen LogP contribution in [-0.2, 0) is 9.36 Å². The van der Waals surface area contributed by atoms with Crippen LogP contribution < -0.4 is 0 Å². The highest BCUT2D eigenvalue weighted by Crippen LogP contribution is 2.35. The number of hydrogen-bond acceptors (Lipinski definition) is 2. The first-order valence-corrected chi connectivity index (χ1v) is 3.57. The Bertz CT molecular complexity index is 177. The normalized spacial score (nSPS) is 12.2. The van der Waals surface area contributed by atoms with Gasteiger partial charge in [-0.2, -0.15) is 0 Å². The molecule has 0 spiro atoms. The molecule has 0 saturated heterocycles. The summed E-state index contributed by atoms with van der Waals surface area (Å²) in [4.78, 5) is 25.7. The van der Waals surface area contributed by atoms with Gasteiger partial charge < -0.3 is 14.9 Å². The van der Waals surface area contributed by atoms with Gasteiger partial charge in [0.25, 0.3) is 0 Å². The average molecular weight is 152 g/mol. The molecule has 3 N–H and O–H groups in total. The van der Waals surface area contributed by atoms with E-state index in [1.54, 1.807) is 0 Å². The van der Waals surface area contributed by atoms with E-state index in [0.717, 1.165) is 0 Å². The quantitative estimate of drug-likeness (QED) is 0.375. The summed E-state index contributed by atoms with van der Waals surface area (Å²) in [6.07, 6.45) is 0.404. The molecule has 0 bridgehead atoms. The van der Waals surface area contributed by atoms with Crippen molar-refractivity contribution in [1.82, 2.24) is 0 Å². The molecule has 0 aliphatic heterocycles. The van der Waals surface area contributed by atoms with Gasteiger partial charge in [-0.25, -0.2) is 4.79 Å². The number of carboxylic acid groups (broad SMARTS) is 1. The minimum absolute atomic E-state index is 0.329. The number of rotatable bonds is 2. The second-order valence-electron chi connectivity index (χ2n) is 1.24. The van der Waals surface area contributed by atoms with Gasteiger partial charge in [-0.05, 0) is 0 Å². The molecule has 0 radical (unpaired) electrons. The van der Waals surface area contributed by atoms with Crippen LogP contribution in [0.1, 0.15) is 0 Å². The second kappa shape index (κ2) is 2.77. The molecule has 0 aliphatic carbocycles. The molecule has 0 aromatic rings. The van der Waals surface area contributed by atoms with Gasteiger partial charge in [0, 0.05) is 11.9 Å². The van der Waals surface area contributed by atoms with Gasteiger partial charge in [-0.1, -0.05) is 0 Å². The Labute approximate surface area is 50.8 Å². The van der Waals surface area contributed by atoms with Crippen molar-refractivity contribution in [2.75, 3.05) is 0 Å². The average Bonchev–Trinajstić information content (AvgIpc) is 1.59. The van der Waals surface area contributed by atoms with Gasteiger partial charge in [0.15, 0.2) is 0 Å². The number of hydrogen-bond donors (Lipinski definition) is 3. The summed E-state index contributed by atoms with van der Waals surface area (Å²) in [6, 6.07) is 0. The van der Waals surface area contributed by atoms with E-state index in [2.05, 4.69) is 0 Å². The van der Waals surface area contributed by atoms with E-state index < -0.39 is 13.6 Å². The first-order chi connectivity index (χ1) is 3.92. The van der Waals surface area contributed by atoms with Crippen LogP contribution in [-0.4, -0.2) is 20.9 Å². The minimum Gasteiger partial charge on any atom is -0.478 e. The Morgan fingerprint density at radius 2 is 1.89 bits per heavy atom. The van der Waals surface area contributed by atoms with Crippen LogP contribution in [0.25, 0.3) is 0 Å². The Balaban J connectivity index is 4.02. The van der Waals surface area contributed by atoms with Crippen LogP contribution in [0.5, 0.6) is 0 Å². The summed E-state index contributed by atoms with van der Waals surface area (Å²) in [5.41, 5.74) is 0. The molecule has 5 nitrogen and oxygen atoms in total. The first-order valence-electron chi connectivity index (χ1n) is 1.89. The molecule has 0 aromatic carbocycles. The van der Waals surface area contributed by atoms with Crippen molar-refractivity contribution < 1.29 is 24.3 Å². The van der Waals surface area contributed by atoms with Crippen molar-refractivity contribution in [3.8, 4) is 0 Å². The maximum atomic E-state index is 9.88.